The normalized spacial score (nSPS) is 10.0. The highest BCUT2D eigenvalue weighted by Gasteiger charge is 1.97. The minimum Gasteiger partial charge on any atom is -0.508 e. The quantitative estimate of drug-likeness (QED) is 0.728. The fraction of sp³-hybridized carbons (Fsp3) is 0.400. The van der Waals surface area contributed by atoms with Gasteiger partial charge in [0.25, 0.3) is 0 Å². The molecule has 0 aliphatic heterocycles. The fourth-order valence-electron chi connectivity index (χ4n) is 1.06. The van der Waals surface area contributed by atoms with Crippen LogP contribution in [0.1, 0.15) is 12.0 Å². The average molecular weight is 184 g/mol. The standard InChI is InChI=1S/C10H13FO2/c1-8-5-9(12)7-10(6-8)13-4-2-3-11/h5-7,12H,2-4H2,1H3. The minimum absolute atomic E-state index is 0.176. The monoisotopic (exact) mass is 184 g/mol. The molecule has 0 atom stereocenters. The summed E-state index contributed by atoms with van der Waals surface area (Å²) in [5.74, 6) is 0.765. The van der Waals surface area contributed by atoms with Crippen molar-refractivity contribution in [2.75, 3.05) is 13.3 Å². The summed E-state index contributed by atoms with van der Waals surface area (Å²) in [4.78, 5) is 0. The molecule has 0 aromatic heterocycles. The maximum atomic E-state index is 11.7. The number of benzene rings is 1. The van der Waals surface area contributed by atoms with Crippen LogP contribution < -0.4 is 4.74 Å². The van der Waals surface area contributed by atoms with E-state index in [-0.39, 0.29) is 12.4 Å². The third kappa shape index (κ3) is 3.32. The topological polar surface area (TPSA) is 29.5 Å². The zero-order valence-electron chi connectivity index (χ0n) is 7.59. The number of aromatic hydroxyl groups is 1. The van der Waals surface area contributed by atoms with E-state index in [9.17, 15) is 9.50 Å². The molecule has 0 fully saturated rings. The highest BCUT2D eigenvalue weighted by molar-refractivity contribution is 5.36. The van der Waals surface area contributed by atoms with Gasteiger partial charge in [-0.05, 0) is 24.6 Å². The summed E-state index contributed by atoms with van der Waals surface area (Å²) < 4.78 is 16.9. The molecule has 0 aliphatic carbocycles. The lowest BCUT2D eigenvalue weighted by atomic mass is 10.2. The molecule has 0 heterocycles. The number of halogens is 1. The van der Waals surface area contributed by atoms with Crippen molar-refractivity contribution < 1.29 is 14.2 Å². The fourth-order valence-corrected chi connectivity index (χ4v) is 1.06. The van der Waals surface area contributed by atoms with Crippen LogP contribution in [-0.4, -0.2) is 18.4 Å². The van der Waals surface area contributed by atoms with E-state index < -0.39 is 0 Å². The summed E-state index contributed by atoms with van der Waals surface area (Å²) >= 11 is 0. The van der Waals surface area contributed by atoms with Crippen molar-refractivity contribution in [3.63, 3.8) is 0 Å². The van der Waals surface area contributed by atoms with Gasteiger partial charge in [0.1, 0.15) is 11.5 Å². The largest absolute Gasteiger partial charge is 0.508 e. The van der Waals surface area contributed by atoms with E-state index in [2.05, 4.69) is 0 Å². The average Bonchev–Trinajstić information content (AvgIpc) is 2.03. The second kappa shape index (κ2) is 4.70. The van der Waals surface area contributed by atoms with Crippen LogP contribution in [0, 0.1) is 6.92 Å². The Hall–Kier alpha value is -1.25. The molecular formula is C10H13FO2. The Balaban J connectivity index is 2.56. The number of phenols is 1. The highest BCUT2D eigenvalue weighted by atomic mass is 19.1. The Morgan fingerprint density at radius 3 is 2.77 bits per heavy atom. The van der Waals surface area contributed by atoms with Crippen LogP contribution in [0.4, 0.5) is 4.39 Å². The highest BCUT2D eigenvalue weighted by Crippen LogP contribution is 2.21. The molecule has 1 aromatic rings. The second-order valence-corrected chi connectivity index (χ2v) is 2.90. The molecule has 0 aliphatic rings. The van der Waals surface area contributed by atoms with Gasteiger partial charge in [0.15, 0.2) is 0 Å². The van der Waals surface area contributed by atoms with Crippen LogP contribution in [0.3, 0.4) is 0 Å². The van der Waals surface area contributed by atoms with Gasteiger partial charge in [0, 0.05) is 12.5 Å². The molecule has 3 heteroatoms. The van der Waals surface area contributed by atoms with Crippen molar-refractivity contribution in [3.05, 3.63) is 23.8 Å². The van der Waals surface area contributed by atoms with Gasteiger partial charge in [0.2, 0.25) is 0 Å². The Labute approximate surface area is 77.0 Å². The molecule has 13 heavy (non-hydrogen) atoms. The van der Waals surface area contributed by atoms with E-state index in [1.165, 1.54) is 6.07 Å². The number of aryl methyl sites for hydroxylation is 1. The molecule has 0 saturated carbocycles. The maximum Gasteiger partial charge on any atom is 0.123 e. The lowest BCUT2D eigenvalue weighted by molar-refractivity contribution is 0.288. The van der Waals surface area contributed by atoms with Gasteiger partial charge in [0.05, 0.1) is 13.3 Å². The molecule has 2 nitrogen and oxygen atoms in total. The minimum atomic E-state index is -0.377. The number of ether oxygens (including phenoxy) is 1. The summed E-state index contributed by atoms with van der Waals surface area (Å²) in [6, 6.07) is 4.96. The van der Waals surface area contributed by atoms with Crippen molar-refractivity contribution in [2.24, 2.45) is 0 Å². The van der Waals surface area contributed by atoms with Crippen molar-refractivity contribution in [3.8, 4) is 11.5 Å². The molecule has 1 N–H and O–H groups in total. The molecule has 0 bridgehead atoms. The molecule has 0 spiro atoms. The van der Waals surface area contributed by atoms with Gasteiger partial charge in [-0.15, -0.1) is 0 Å². The van der Waals surface area contributed by atoms with E-state index in [4.69, 9.17) is 4.74 Å². The van der Waals surface area contributed by atoms with Crippen molar-refractivity contribution in [1.82, 2.24) is 0 Å². The lowest BCUT2D eigenvalue weighted by Gasteiger charge is -2.05. The van der Waals surface area contributed by atoms with E-state index in [1.54, 1.807) is 12.1 Å². The van der Waals surface area contributed by atoms with Crippen LogP contribution in [0.15, 0.2) is 18.2 Å². The van der Waals surface area contributed by atoms with Crippen molar-refractivity contribution in [1.29, 1.82) is 0 Å². The number of phenolic OH excluding ortho intramolecular Hbond substituents is 1. The second-order valence-electron chi connectivity index (χ2n) is 2.90. The Kier molecular flexibility index (Phi) is 3.55. The summed E-state index contributed by atoms with van der Waals surface area (Å²) in [5, 5.41) is 9.20. The Morgan fingerprint density at radius 2 is 2.15 bits per heavy atom. The molecule has 1 aromatic carbocycles. The Morgan fingerprint density at radius 1 is 1.38 bits per heavy atom. The van der Waals surface area contributed by atoms with Crippen LogP contribution in [-0.2, 0) is 0 Å². The Bertz CT molecular complexity index is 253. The lowest BCUT2D eigenvalue weighted by Crippen LogP contribution is -1.97. The summed E-state index contributed by atoms with van der Waals surface area (Å²) in [5.41, 5.74) is 0.926. The van der Waals surface area contributed by atoms with Crippen molar-refractivity contribution >= 4 is 0 Å². The first-order valence-corrected chi connectivity index (χ1v) is 4.22. The van der Waals surface area contributed by atoms with Gasteiger partial charge in [-0.3, -0.25) is 4.39 Å². The molecular weight excluding hydrogens is 171 g/mol. The smallest absolute Gasteiger partial charge is 0.123 e. The van der Waals surface area contributed by atoms with E-state index >= 15 is 0 Å². The van der Waals surface area contributed by atoms with Gasteiger partial charge in [-0.2, -0.15) is 0 Å². The van der Waals surface area contributed by atoms with Crippen LogP contribution in [0.2, 0.25) is 0 Å². The van der Waals surface area contributed by atoms with Crippen molar-refractivity contribution in [2.45, 2.75) is 13.3 Å². The first-order chi connectivity index (χ1) is 6.22. The zero-order chi connectivity index (χ0) is 9.68. The van der Waals surface area contributed by atoms with E-state index in [1.807, 2.05) is 6.92 Å². The third-order valence-electron chi connectivity index (χ3n) is 1.58. The van der Waals surface area contributed by atoms with E-state index in [0.717, 1.165) is 5.56 Å². The molecule has 0 unspecified atom stereocenters. The molecule has 0 saturated heterocycles. The van der Waals surface area contributed by atoms with Gasteiger partial charge in [-0.1, -0.05) is 0 Å². The predicted molar refractivity (Wildman–Crippen MR) is 48.9 cm³/mol. The van der Waals surface area contributed by atoms with Gasteiger partial charge in [-0.25, -0.2) is 0 Å². The van der Waals surface area contributed by atoms with Gasteiger partial charge < -0.3 is 9.84 Å². The third-order valence-corrected chi connectivity index (χ3v) is 1.58. The van der Waals surface area contributed by atoms with E-state index in [0.29, 0.717) is 18.8 Å². The summed E-state index contributed by atoms with van der Waals surface area (Å²) in [7, 11) is 0. The first-order valence-electron chi connectivity index (χ1n) is 4.22. The van der Waals surface area contributed by atoms with Crippen LogP contribution in [0.5, 0.6) is 11.5 Å². The van der Waals surface area contributed by atoms with Crippen LogP contribution >= 0.6 is 0 Å². The SMILES string of the molecule is Cc1cc(O)cc(OCCCF)c1. The number of hydrogen-bond donors (Lipinski definition) is 1. The molecule has 72 valence electrons. The zero-order valence-corrected chi connectivity index (χ0v) is 7.59. The van der Waals surface area contributed by atoms with Gasteiger partial charge >= 0.3 is 0 Å². The molecule has 1 rings (SSSR count). The molecule has 0 radical (unpaired) electrons. The summed E-state index contributed by atoms with van der Waals surface area (Å²) in [6.45, 7) is 1.83. The maximum absolute atomic E-state index is 11.7. The predicted octanol–water partition coefficient (Wildman–Crippen LogP) is 2.44. The van der Waals surface area contributed by atoms with Crippen LogP contribution in [0.25, 0.3) is 0 Å². The number of rotatable bonds is 4. The molecule has 0 amide bonds. The number of hydrogen-bond acceptors (Lipinski definition) is 2. The first kappa shape index (κ1) is 9.84. The summed E-state index contributed by atoms with van der Waals surface area (Å²) in [6.07, 6.45) is 0.384. The number of alkyl halides is 1.